The van der Waals surface area contributed by atoms with E-state index in [2.05, 4.69) is 40.7 Å². The molecule has 8 N–H and O–H groups in total. The summed E-state index contributed by atoms with van der Waals surface area (Å²) >= 11 is 0. The highest BCUT2D eigenvalue weighted by molar-refractivity contribution is 5.80. The third-order valence-corrected chi connectivity index (χ3v) is 15.0. The van der Waals surface area contributed by atoms with Gasteiger partial charge in [-0.05, 0) is 81.0 Å². The number of esters is 1. The van der Waals surface area contributed by atoms with Crippen molar-refractivity contribution in [3.8, 4) is 0 Å². The summed E-state index contributed by atoms with van der Waals surface area (Å²) in [6, 6.07) is 0. The summed E-state index contributed by atoms with van der Waals surface area (Å²) in [5.41, 5.74) is -0.117. The zero-order valence-electron chi connectivity index (χ0n) is 28.6. The molecule has 11 nitrogen and oxygen atoms in total. The van der Waals surface area contributed by atoms with Crippen molar-refractivity contribution in [2.24, 2.45) is 44.8 Å². The number of ether oxygens (including phenoxy) is 2. The molecular formula is C36H56O11. The molecule has 3 saturated carbocycles. The van der Waals surface area contributed by atoms with E-state index in [9.17, 15) is 45.6 Å². The Morgan fingerprint density at radius 1 is 0.915 bits per heavy atom. The molecule has 4 fully saturated rings. The normalized spacial score (nSPS) is 54.4. The van der Waals surface area contributed by atoms with E-state index >= 15 is 0 Å². The van der Waals surface area contributed by atoms with Crippen LogP contribution in [-0.4, -0.2) is 109 Å². The Morgan fingerprint density at radius 2 is 1.60 bits per heavy atom. The molecule has 266 valence electrons. The van der Waals surface area contributed by atoms with Gasteiger partial charge in [-0.2, -0.15) is 0 Å². The van der Waals surface area contributed by atoms with E-state index in [0.29, 0.717) is 44.9 Å². The van der Waals surface area contributed by atoms with Crippen LogP contribution in [0.4, 0.5) is 0 Å². The number of allylic oxidation sites excluding steroid dienone is 4. The highest BCUT2D eigenvalue weighted by Gasteiger charge is 2.72. The zero-order chi connectivity index (χ0) is 34.6. The van der Waals surface area contributed by atoms with Gasteiger partial charge in [0, 0.05) is 17.3 Å². The van der Waals surface area contributed by atoms with Gasteiger partial charge in [0.25, 0.3) is 0 Å². The maximum absolute atomic E-state index is 14.4. The molecule has 0 bridgehead atoms. The van der Waals surface area contributed by atoms with E-state index in [4.69, 9.17) is 9.47 Å². The van der Waals surface area contributed by atoms with E-state index < -0.39 is 94.6 Å². The van der Waals surface area contributed by atoms with Gasteiger partial charge < -0.3 is 50.3 Å². The summed E-state index contributed by atoms with van der Waals surface area (Å²) < 4.78 is 11.5. The maximum atomic E-state index is 14.4. The second kappa shape index (κ2) is 11.6. The summed E-state index contributed by atoms with van der Waals surface area (Å²) in [5, 5.41) is 85.8. The Hall–Kier alpha value is -1.41. The van der Waals surface area contributed by atoms with Gasteiger partial charge in [0.05, 0.1) is 36.9 Å². The lowest BCUT2D eigenvalue weighted by molar-refractivity contribution is -0.297. The number of aliphatic hydroxyl groups is 8. The highest BCUT2D eigenvalue weighted by Crippen LogP contribution is 2.75. The van der Waals surface area contributed by atoms with Crippen LogP contribution in [0.3, 0.4) is 0 Å². The van der Waals surface area contributed by atoms with Crippen LogP contribution in [0.5, 0.6) is 0 Å². The maximum Gasteiger partial charge on any atom is 0.315 e. The molecule has 6 rings (SSSR count). The van der Waals surface area contributed by atoms with Gasteiger partial charge in [0.15, 0.2) is 0 Å². The number of hydrogen-bond donors (Lipinski definition) is 8. The Bertz CT molecular complexity index is 1330. The van der Waals surface area contributed by atoms with Crippen molar-refractivity contribution in [2.75, 3.05) is 13.2 Å². The molecule has 16 unspecified atom stereocenters. The van der Waals surface area contributed by atoms with Gasteiger partial charge in [-0.1, -0.05) is 50.5 Å². The minimum Gasteiger partial charge on any atom is -0.432 e. The third-order valence-electron chi connectivity index (χ3n) is 15.0. The molecule has 47 heavy (non-hydrogen) atoms. The van der Waals surface area contributed by atoms with Crippen LogP contribution in [0, 0.1) is 44.8 Å². The first kappa shape index (κ1) is 35.4. The van der Waals surface area contributed by atoms with Gasteiger partial charge in [-0.3, -0.25) is 4.79 Å². The van der Waals surface area contributed by atoms with E-state index in [0.717, 1.165) is 11.1 Å². The minimum atomic E-state index is -1.69. The lowest BCUT2D eigenvalue weighted by atomic mass is 9.33. The smallest absolute Gasteiger partial charge is 0.315 e. The first-order chi connectivity index (χ1) is 21.9. The van der Waals surface area contributed by atoms with Crippen LogP contribution in [0.1, 0.15) is 86.5 Å². The second-order valence-electron chi connectivity index (χ2n) is 17.0. The number of aliphatic hydroxyl groups excluding tert-OH is 8. The molecule has 6 aliphatic rings. The molecule has 1 aliphatic heterocycles. The monoisotopic (exact) mass is 664 g/mol. The van der Waals surface area contributed by atoms with Crippen LogP contribution in [0.25, 0.3) is 0 Å². The molecule has 11 heteroatoms. The van der Waals surface area contributed by atoms with E-state index in [1.165, 1.54) is 5.57 Å². The fourth-order valence-electron chi connectivity index (χ4n) is 12.1. The van der Waals surface area contributed by atoms with Crippen molar-refractivity contribution in [2.45, 2.75) is 136 Å². The standard InChI is InChI=1S/C36H56O11/c1-17-9-10-36(31(45)47-30-27(43)26(42)25(41)22(15-37)46-30)12-11-34(5)19(24(36)18(17)2)7-8-23-32(3)13-21(40)29(44)33(4,16-38)28(32)20(39)14-35(23,34)6/h7,20-30,37-44H,8-16H2,1-6H3. The van der Waals surface area contributed by atoms with Crippen molar-refractivity contribution in [3.63, 3.8) is 0 Å². The predicted octanol–water partition coefficient (Wildman–Crippen LogP) is 1.33. The lowest BCUT2D eigenvalue weighted by Crippen LogP contribution is -2.71. The average molecular weight is 665 g/mol. The lowest BCUT2D eigenvalue weighted by Gasteiger charge is -2.72. The second-order valence-corrected chi connectivity index (χ2v) is 17.0. The predicted molar refractivity (Wildman–Crippen MR) is 169 cm³/mol. The molecule has 16 atom stereocenters. The van der Waals surface area contributed by atoms with Crippen LogP contribution in [-0.2, 0) is 14.3 Å². The molecular weight excluding hydrogens is 608 g/mol. The Kier molecular flexibility index (Phi) is 8.72. The van der Waals surface area contributed by atoms with E-state index in [-0.39, 0.29) is 18.4 Å². The van der Waals surface area contributed by atoms with Crippen molar-refractivity contribution >= 4 is 5.97 Å². The Morgan fingerprint density at radius 3 is 2.23 bits per heavy atom. The molecule has 0 amide bonds. The van der Waals surface area contributed by atoms with Gasteiger partial charge in [-0.25, -0.2) is 0 Å². The van der Waals surface area contributed by atoms with Gasteiger partial charge in [0.2, 0.25) is 6.29 Å². The third kappa shape index (κ3) is 4.60. The fraction of sp³-hybridized carbons (Fsp3) is 0.861. The molecule has 0 spiro atoms. The largest absolute Gasteiger partial charge is 0.432 e. The quantitative estimate of drug-likeness (QED) is 0.159. The molecule has 0 aromatic carbocycles. The van der Waals surface area contributed by atoms with Crippen molar-refractivity contribution in [1.82, 2.24) is 0 Å². The molecule has 1 heterocycles. The summed E-state index contributed by atoms with van der Waals surface area (Å²) in [7, 11) is 0. The van der Waals surface area contributed by atoms with Gasteiger partial charge in [-0.15, -0.1) is 0 Å². The topological polar surface area (TPSA) is 197 Å². The van der Waals surface area contributed by atoms with Crippen LogP contribution >= 0.6 is 0 Å². The molecule has 1 saturated heterocycles. The van der Waals surface area contributed by atoms with Crippen molar-refractivity contribution < 1.29 is 55.1 Å². The molecule has 5 aliphatic carbocycles. The van der Waals surface area contributed by atoms with Crippen LogP contribution in [0.15, 0.2) is 22.8 Å². The van der Waals surface area contributed by atoms with Crippen LogP contribution < -0.4 is 0 Å². The van der Waals surface area contributed by atoms with E-state index in [1.807, 2.05) is 0 Å². The van der Waals surface area contributed by atoms with E-state index in [1.54, 1.807) is 6.92 Å². The summed E-state index contributed by atoms with van der Waals surface area (Å²) in [6.45, 7) is 11.5. The Balaban J connectivity index is 1.40. The summed E-state index contributed by atoms with van der Waals surface area (Å²) in [6.07, 6.45) is -4.73. The average Bonchev–Trinajstić information content (AvgIpc) is 3.02. The summed E-state index contributed by atoms with van der Waals surface area (Å²) in [4.78, 5) is 14.4. The van der Waals surface area contributed by atoms with Crippen molar-refractivity contribution in [3.05, 3.63) is 22.8 Å². The first-order valence-corrected chi connectivity index (χ1v) is 17.4. The van der Waals surface area contributed by atoms with Gasteiger partial charge in [0.1, 0.15) is 24.4 Å². The molecule has 0 aromatic rings. The zero-order valence-corrected chi connectivity index (χ0v) is 28.6. The number of carbonyl (C=O) groups is 1. The minimum absolute atomic E-state index is 0.0210. The number of carbonyl (C=O) groups excluding carboxylic acids is 1. The fourth-order valence-corrected chi connectivity index (χ4v) is 12.1. The molecule has 0 aromatic heterocycles. The number of rotatable bonds is 4. The Labute approximate surface area is 277 Å². The van der Waals surface area contributed by atoms with Crippen LogP contribution in [0.2, 0.25) is 0 Å². The SMILES string of the molecule is CC1=C(C)C2C3=CCC4C5(C)CC(O)C(O)C(C)(CO)C5C(O)CC4(C)C3(C)CCC2(C(=O)OC2OC(CO)C(O)C(O)C2O)CC1. The highest BCUT2D eigenvalue weighted by atomic mass is 16.7. The summed E-state index contributed by atoms with van der Waals surface area (Å²) in [5.74, 6) is -1.26. The number of fused-ring (bicyclic) bond motifs is 7. The van der Waals surface area contributed by atoms with Gasteiger partial charge >= 0.3 is 5.97 Å². The molecule has 0 radical (unpaired) electrons. The van der Waals surface area contributed by atoms with Crippen molar-refractivity contribution in [1.29, 1.82) is 0 Å². The first-order valence-electron chi connectivity index (χ1n) is 17.4. The number of hydrogen-bond acceptors (Lipinski definition) is 11.